The van der Waals surface area contributed by atoms with Crippen molar-refractivity contribution in [2.24, 2.45) is 0 Å². The van der Waals surface area contributed by atoms with Gasteiger partial charge in [-0.3, -0.25) is 5.10 Å². The van der Waals surface area contributed by atoms with Crippen LogP contribution in [-0.2, 0) is 0 Å². The van der Waals surface area contributed by atoms with Crippen LogP contribution in [0.4, 0.5) is 5.95 Å². The standard InChI is InChI=1S/C11H19BN4/c1-8-13-10(16-15-8)14-9-6-4-3-5-7-11(9,2)12/h9H,3-7H2,1-2H3,(H2,13,14,15,16). The Morgan fingerprint density at radius 3 is 2.94 bits per heavy atom. The lowest BCUT2D eigenvalue weighted by Crippen LogP contribution is -2.33. The maximum atomic E-state index is 6.35. The Morgan fingerprint density at radius 1 is 1.44 bits per heavy atom. The lowest BCUT2D eigenvalue weighted by atomic mass is 9.62. The summed E-state index contributed by atoms with van der Waals surface area (Å²) in [4.78, 5) is 4.27. The van der Waals surface area contributed by atoms with Crippen molar-refractivity contribution in [3.05, 3.63) is 5.82 Å². The van der Waals surface area contributed by atoms with Crippen LogP contribution in [0.25, 0.3) is 0 Å². The van der Waals surface area contributed by atoms with Crippen LogP contribution in [-0.4, -0.2) is 29.1 Å². The summed E-state index contributed by atoms with van der Waals surface area (Å²) in [6, 6.07) is 0.269. The first-order valence-corrected chi connectivity index (χ1v) is 6.02. The van der Waals surface area contributed by atoms with Gasteiger partial charge in [-0.05, 0) is 18.7 Å². The lowest BCUT2D eigenvalue weighted by Gasteiger charge is -2.33. The van der Waals surface area contributed by atoms with Crippen LogP contribution in [0.2, 0.25) is 5.31 Å². The highest BCUT2D eigenvalue weighted by Crippen LogP contribution is 2.39. The van der Waals surface area contributed by atoms with Gasteiger partial charge in [0.25, 0.3) is 0 Å². The van der Waals surface area contributed by atoms with E-state index in [0.29, 0.717) is 5.95 Å². The Labute approximate surface area is 98.0 Å². The topological polar surface area (TPSA) is 53.6 Å². The third-order valence-corrected chi connectivity index (χ3v) is 3.40. The van der Waals surface area contributed by atoms with Gasteiger partial charge in [0.15, 0.2) is 0 Å². The van der Waals surface area contributed by atoms with Crippen molar-refractivity contribution in [1.82, 2.24) is 15.2 Å². The molecule has 16 heavy (non-hydrogen) atoms. The highest BCUT2D eigenvalue weighted by atomic mass is 15.3. The third-order valence-electron chi connectivity index (χ3n) is 3.40. The molecule has 0 saturated heterocycles. The zero-order valence-electron chi connectivity index (χ0n) is 10.1. The smallest absolute Gasteiger partial charge is 0.242 e. The molecule has 2 atom stereocenters. The molecule has 0 aliphatic heterocycles. The molecule has 1 fully saturated rings. The molecule has 1 aliphatic rings. The molecule has 0 amide bonds. The molecule has 1 aliphatic carbocycles. The molecule has 0 aromatic carbocycles. The Kier molecular flexibility index (Phi) is 3.21. The number of H-pyrrole nitrogens is 1. The Hall–Kier alpha value is -0.995. The summed E-state index contributed by atoms with van der Waals surface area (Å²) in [6.07, 6.45) is 5.89. The zero-order chi connectivity index (χ0) is 11.6. The summed E-state index contributed by atoms with van der Waals surface area (Å²) in [5, 5.41) is 10.1. The summed E-state index contributed by atoms with van der Waals surface area (Å²) < 4.78 is 0. The fourth-order valence-corrected chi connectivity index (χ4v) is 2.34. The van der Waals surface area contributed by atoms with Gasteiger partial charge in [-0.25, -0.2) is 0 Å². The van der Waals surface area contributed by atoms with Crippen molar-refractivity contribution >= 4 is 13.8 Å². The lowest BCUT2D eigenvalue weighted by molar-refractivity contribution is 0.478. The maximum absolute atomic E-state index is 6.35. The summed E-state index contributed by atoms with van der Waals surface area (Å²) in [7, 11) is 6.35. The van der Waals surface area contributed by atoms with Crippen molar-refractivity contribution < 1.29 is 0 Å². The second-order valence-corrected chi connectivity index (χ2v) is 5.05. The van der Waals surface area contributed by atoms with Gasteiger partial charge < -0.3 is 5.32 Å². The van der Waals surface area contributed by atoms with E-state index in [-0.39, 0.29) is 11.4 Å². The molecule has 1 aromatic heterocycles. The minimum atomic E-state index is -0.162. The highest BCUT2D eigenvalue weighted by Gasteiger charge is 2.30. The summed E-state index contributed by atoms with van der Waals surface area (Å²) >= 11 is 0. The van der Waals surface area contributed by atoms with Crippen molar-refractivity contribution in [3.8, 4) is 0 Å². The number of aryl methyl sites for hydroxylation is 1. The molecule has 2 N–H and O–H groups in total. The van der Waals surface area contributed by atoms with Crippen LogP contribution >= 0.6 is 0 Å². The van der Waals surface area contributed by atoms with Gasteiger partial charge in [0.05, 0.1) is 7.85 Å². The van der Waals surface area contributed by atoms with Crippen LogP contribution in [0.15, 0.2) is 0 Å². The van der Waals surface area contributed by atoms with E-state index in [9.17, 15) is 0 Å². The maximum Gasteiger partial charge on any atom is 0.242 e. The molecule has 4 nitrogen and oxygen atoms in total. The average molecular weight is 218 g/mol. The Morgan fingerprint density at radius 2 is 2.25 bits per heavy atom. The van der Waals surface area contributed by atoms with Crippen LogP contribution in [0.3, 0.4) is 0 Å². The van der Waals surface area contributed by atoms with Gasteiger partial charge in [0, 0.05) is 6.04 Å². The average Bonchev–Trinajstić information content (AvgIpc) is 2.53. The molecule has 0 spiro atoms. The Bertz CT molecular complexity index is 348. The predicted octanol–water partition coefficient (Wildman–Crippen LogP) is 2.20. The summed E-state index contributed by atoms with van der Waals surface area (Å²) in [6.45, 7) is 4.02. The van der Waals surface area contributed by atoms with Crippen molar-refractivity contribution in [2.45, 2.75) is 57.3 Å². The van der Waals surface area contributed by atoms with E-state index < -0.39 is 0 Å². The third kappa shape index (κ3) is 2.57. The molecule has 1 aromatic rings. The van der Waals surface area contributed by atoms with Crippen LogP contribution in [0.1, 0.15) is 44.9 Å². The highest BCUT2D eigenvalue weighted by molar-refractivity contribution is 6.15. The molecule has 2 rings (SSSR count). The number of nitrogens with zero attached hydrogens (tertiary/aromatic N) is 2. The molecule has 5 heteroatoms. The van der Waals surface area contributed by atoms with Crippen LogP contribution in [0.5, 0.6) is 0 Å². The van der Waals surface area contributed by atoms with Crippen LogP contribution < -0.4 is 5.32 Å². The first kappa shape index (κ1) is 11.5. The molecule has 0 bridgehead atoms. The number of rotatable bonds is 2. The number of hydrogen-bond acceptors (Lipinski definition) is 3. The molecule has 2 radical (unpaired) electrons. The van der Waals surface area contributed by atoms with E-state index in [4.69, 9.17) is 7.85 Å². The van der Waals surface area contributed by atoms with Gasteiger partial charge in [0.2, 0.25) is 5.95 Å². The van der Waals surface area contributed by atoms with Gasteiger partial charge in [-0.2, -0.15) is 4.98 Å². The summed E-state index contributed by atoms with van der Waals surface area (Å²) in [5.74, 6) is 1.50. The van der Waals surface area contributed by atoms with Gasteiger partial charge in [-0.15, -0.1) is 5.10 Å². The van der Waals surface area contributed by atoms with Crippen molar-refractivity contribution in [1.29, 1.82) is 0 Å². The van der Waals surface area contributed by atoms with Gasteiger partial charge in [0.1, 0.15) is 5.82 Å². The van der Waals surface area contributed by atoms with Gasteiger partial charge >= 0.3 is 0 Å². The summed E-state index contributed by atoms with van der Waals surface area (Å²) in [5.41, 5.74) is 0. The molecular formula is C11H19BN4. The normalized spacial score (nSPS) is 31.0. The van der Waals surface area contributed by atoms with Gasteiger partial charge in [-0.1, -0.05) is 32.6 Å². The second kappa shape index (κ2) is 4.48. The largest absolute Gasteiger partial charge is 0.350 e. The van der Waals surface area contributed by atoms with E-state index in [1.807, 2.05) is 6.92 Å². The number of nitrogens with one attached hydrogen (secondary N) is 2. The van der Waals surface area contributed by atoms with Crippen molar-refractivity contribution in [3.63, 3.8) is 0 Å². The number of anilines is 1. The predicted molar refractivity (Wildman–Crippen MR) is 65.7 cm³/mol. The monoisotopic (exact) mass is 218 g/mol. The van der Waals surface area contributed by atoms with Crippen LogP contribution in [0, 0.1) is 6.92 Å². The fourth-order valence-electron chi connectivity index (χ4n) is 2.34. The molecule has 2 unspecified atom stereocenters. The van der Waals surface area contributed by atoms with E-state index >= 15 is 0 Å². The number of aromatic nitrogens is 3. The second-order valence-electron chi connectivity index (χ2n) is 5.05. The minimum absolute atomic E-state index is 0.162. The molecule has 86 valence electrons. The molecule has 1 saturated carbocycles. The quantitative estimate of drug-likeness (QED) is 0.591. The van der Waals surface area contributed by atoms with E-state index in [2.05, 4.69) is 27.4 Å². The minimum Gasteiger partial charge on any atom is -0.350 e. The first-order valence-electron chi connectivity index (χ1n) is 6.02. The number of aromatic amines is 1. The van der Waals surface area contributed by atoms with Crippen molar-refractivity contribution in [2.75, 3.05) is 5.32 Å². The first-order chi connectivity index (χ1) is 7.58. The molecule has 1 heterocycles. The fraction of sp³-hybridized carbons (Fsp3) is 0.818. The van der Waals surface area contributed by atoms with E-state index in [1.54, 1.807) is 0 Å². The molecular weight excluding hydrogens is 199 g/mol. The Balaban J connectivity index is 2.06. The number of hydrogen-bond donors (Lipinski definition) is 2. The van der Waals surface area contributed by atoms with E-state index in [1.165, 1.54) is 19.3 Å². The SMILES string of the molecule is [B]C1(C)CCCCCC1Nc1n[nH]c(C)n1. The zero-order valence-corrected chi connectivity index (χ0v) is 10.1. The van der Waals surface area contributed by atoms with E-state index in [0.717, 1.165) is 18.7 Å².